The Kier molecular flexibility index (Phi) is 5.34. The molecule has 1 heterocycles. The molecule has 2 N–H and O–H groups in total. The molecule has 0 radical (unpaired) electrons. The Labute approximate surface area is 83.6 Å². The molecule has 1 aromatic heterocycles. The molecule has 0 saturated heterocycles. The zero-order valence-corrected chi connectivity index (χ0v) is 8.60. The molecule has 4 nitrogen and oxygen atoms in total. The van der Waals surface area contributed by atoms with Crippen LogP contribution >= 0.6 is 12.4 Å². The van der Waals surface area contributed by atoms with Crippen LogP contribution in [0.25, 0.3) is 6.08 Å². The molecule has 0 aromatic carbocycles. The van der Waals surface area contributed by atoms with E-state index < -0.39 is 0 Å². The van der Waals surface area contributed by atoms with Gasteiger partial charge in [-0.1, -0.05) is 10.7 Å². The van der Waals surface area contributed by atoms with E-state index in [9.17, 15) is 0 Å². The van der Waals surface area contributed by atoms with Crippen molar-refractivity contribution in [1.82, 2.24) is 10.1 Å². The average molecular weight is 204 g/mol. The Morgan fingerprint density at radius 2 is 2.23 bits per heavy atom. The van der Waals surface area contributed by atoms with Gasteiger partial charge in [0.15, 0.2) is 5.82 Å². The Balaban J connectivity index is 0.00000144. The highest BCUT2D eigenvalue weighted by Crippen LogP contribution is 2.03. The van der Waals surface area contributed by atoms with Gasteiger partial charge in [-0.25, -0.2) is 0 Å². The normalized spacial score (nSPS) is 9.15. The van der Waals surface area contributed by atoms with Crippen LogP contribution in [0.4, 0.5) is 0 Å². The Hall–Kier alpha value is -0.870. The predicted octanol–water partition coefficient (Wildman–Crippen LogP) is 1.42. The van der Waals surface area contributed by atoms with Crippen LogP contribution in [-0.2, 0) is 6.42 Å². The lowest BCUT2D eigenvalue weighted by Crippen LogP contribution is -2.03. The molecule has 74 valence electrons. The van der Waals surface area contributed by atoms with Crippen LogP contribution in [0.15, 0.2) is 10.1 Å². The highest BCUT2D eigenvalue weighted by molar-refractivity contribution is 5.85. The van der Waals surface area contributed by atoms with Gasteiger partial charge in [0.1, 0.15) is 0 Å². The zero-order chi connectivity index (χ0) is 8.97. The summed E-state index contributed by atoms with van der Waals surface area (Å²) in [6, 6.07) is 0. The van der Waals surface area contributed by atoms with E-state index in [4.69, 9.17) is 10.3 Å². The molecule has 0 amide bonds. The maximum atomic E-state index is 5.33. The van der Waals surface area contributed by atoms with E-state index in [1.807, 2.05) is 19.9 Å². The molecule has 0 aliphatic rings. The van der Waals surface area contributed by atoms with Gasteiger partial charge in [-0.3, -0.25) is 0 Å². The minimum absolute atomic E-state index is 0. The van der Waals surface area contributed by atoms with Crippen molar-refractivity contribution in [1.29, 1.82) is 0 Å². The molecule has 1 aromatic rings. The van der Waals surface area contributed by atoms with E-state index in [1.165, 1.54) is 0 Å². The first-order chi connectivity index (χ1) is 5.72. The van der Waals surface area contributed by atoms with Gasteiger partial charge < -0.3 is 10.3 Å². The summed E-state index contributed by atoms with van der Waals surface area (Å²) in [6.45, 7) is 4.51. The third-order valence-corrected chi connectivity index (χ3v) is 1.26. The molecule has 0 bridgehead atoms. The van der Waals surface area contributed by atoms with Crippen LogP contribution in [0.1, 0.15) is 25.6 Å². The molecule has 0 atom stereocenters. The van der Waals surface area contributed by atoms with E-state index in [1.54, 1.807) is 0 Å². The quantitative estimate of drug-likeness (QED) is 0.807. The first-order valence-corrected chi connectivity index (χ1v) is 3.90. The van der Waals surface area contributed by atoms with Crippen molar-refractivity contribution in [2.45, 2.75) is 20.3 Å². The topological polar surface area (TPSA) is 64.9 Å². The Morgan fingerprint density at radius 1 is 1.54 bits per heavy atom. The predicted molar refractivity (Wildman–Crippen MR) is 53.6 cm³/mol. The van der Waals surface area contributed by atoms with Crippen LogP contribution in [0.2, 0.25) is 0 Å². The van der Waals surface area contributed by atoms with Crippen molar-refractivity contribution >= 4 is 18.5 Å². The monoisotopic (exact) mass is 203 g/mol. The van der Waals surface area contributed by atoms with Gasteiger partial charge in [0.25, 0.3) is 5.89 Å². The van der Waals surface area contributed by atoms with Crippen LogP contribution in [0.5, 0.6) is 0 Å². The largest absolute Gasteiger partial charge is 0.335 e. The highest BCUT2D eigenvalue weighted by Gasteiger charge is 2.01. The summed E-state index contributed by atoms with van der Waals surface area (Å²) >= 11 is 0. The summed E-state index contributed by atoms with van der Waals surface area (Å²) in [5, 5.41) is 3.75. The second kappa shape index (κ2) is 5.72. The molecule has 0 unspecified atom stereocenters. The number of hydrogen-bond donors (Lipinski definition) is 1. The molecule has 0 saturated carbocycles. The molecule has 0 spiro atoms. The first-order valence-electron chi connectivity index (χ1n) is 3.90. The number of halogens is 1. The van der Waals surface area contributed by atoms with Crippen molar-refractivity contribution in [2.24, 2.45) is 5.73 Å². The maximum Gasteiger partial charge on any atom is 0.250 e. The van der Waals surface area contributed by atoms with Crippen LogP contribution in [-0.4, -0.2) is 16.7 Å². The lowest BCUT2D eigenvalue weighted by Gasteiger charge is -1.84. The minimum Gasteiger partial charge on any atom is -0.335 e. The molecule has 0 fully saturated rings. The third-order valence-electron chi connectivity index (χ3n) is 1.26. The molecular formula is C8H14ClN3O. The number of nitrogens with zero attached hydrogens (tertiary/aromatic N) is 2. The lowest BCUT2D eigenvalue weighted by atomic mass is 10.3. The summed E-state index contributed by atoms with van der Waals surface area (Å²) in [5.41, 5.74) is 6.47. The summed E-state index contributed by atoms with van der Waals surface area (Å²) in [4.78, 5) is 4.11. The molecular weight excluding hydrogens is 190 g/mol. The van der Waals surface area contributed by atoms with Crippen LogP contribution in [0, 0.1) is 0 Å². The van der Waals surface area contributed by atoms with Gasteiger partial charge >= 0.3 is 0 Å². The number of allylic oxidation sites excluding steroid dienone is 1. The van der Waals surface area contributed by atoms with Crippen LogP contribution in [0.3, 0.4) is 0 Å². The van der Waals surface area contributed by atoms with Crippen molar-refractivity contribution < 1.29 is 4.52 Å². The number of aromatic nitrogens is 2. The number of nitrogens with two attached hydrogens (primary N) is 1. The Bertz CT molecular complexity index is 279. The summed E-state index contributed by atoms with van der Waals surface area (Å²) in [7, 11) is 0. The van der Waals surface area contributed by atoms with Gasteiger partial charge in [0.05, 0.1) is 0 Å². The summed E-state index contributed by atoms with van der Waals surface area (Å²) < 4.78 is 4.93. The molecule has 5 heteroatoms. The van der Waals surface area contributed by atoms with Gasteiger partial charge in [-0.05, 0) is 20.4 Å². The van der Waals surface area contributed by atoms with Crippen molar-refractivity contribution in [3.8, 4) is 0 Å². The standard InChI is InChI=1S/C8H13N3O.ClH/c1-6(2)5-8-10-7(3-4-9)11-12-8;/h5H,3-4,9H2,1-2H3;1H. The van der Waals surface area contributed by atoms with Crippen molar-refractivity contribution in [2.75, 3.05) is 6.54 Å². The van der Waals surface area contributed by atoms with Gasteiger partial charge in [0.2, 0.25) is 0 Å². The molecule has 0 aliphatic carbocycles. The van der Waals surface area contributed by atoms with Gasteiger partial charge in [0, 0.05) is 12.5 Å². The third kappa shape index (κ3) is 4.05. The minimum atomic E-state index is 0. The summed E-state index contributed by atoms with van der Waals surface area (Å²) in [6.07, 6.45) is 2.51. The fraction of sp³-hybridized carbons (Fsp3) is 0.500. The van der Waals surface area contributed by atoms with Crippen LogP contribution < -0.4 is 5.73 Å². The number of hydrogen-bond acceptors (Lipinski definition) is 4. The van der Waals surface area contributed by atoms with Crippen molar-refractivity contribution in [3.63, 3.8) is 0 Å². The maximum absolute atomic E-state index is 5.33. The van der Waals surface area contributed by atoms with E-state index >= 15 is 0 Å². The van der Waals surface area contributed by atoms with E-state index in [-0.39, 0.29) is 12.4 Å². The van der Waals surface area contributed by atoms with E-state index in [0.717, 1.165) is 5.57 Å². The number of rotatable bonds is 3. The van der Waals surface area contributed by atoms with Gasteiger partial charge in [-0.2, -0.15) is 4.98 Å². The SMILES string of the molecule is CC(C)=Cc1nc(CCN)no1.Cl. The molecule has 13 heavy (non-hydrogen) atoms. The average Bonchev–Trinajstić information content (AvgIpc) is 2.36. The van der Waals surface area contributed by atoms with E-state index in [0.29, 0.717) is 24.7 Å². The second-order valence-corrected chi connectivity index (χ2v) is 2.81. The zero-order valence-electron chi connectivity index (χ0n) is 7.78. The molecule has 1 rings (SSSR count). The van der Waals surface area contributed by atoms with Crippen molar-refractivity contribution in [3.05, 3.63) is 17.3 Å². The fourth-order valence-electron chi connectivity index (χ4n) is 0.804. The highest BCUT2D eigenvalue weighted by atomic mass is 35.5. The fourth-order valence-corrected chi connectivity index (χ4v) is 0.804. The lowest BCUT2D eigenvalue weighted by molar-refractivity contribution is 0.403. The smallest absolute Gasteiger partial charge is 0.250 e. The first kappa shape index (κ1) is 12.1. The molecule has 0 aliphatic heterocycles. The van der Waals surface area contributed by atoms with E-state index in [2.05, 4.69) is 10.1 Å². The Morgan fingerprint density at radius 3 is 2.77 bits per heavy atom. The summed E-state index contributed by atoms with van der Waals surface area (Å²) in [5.74, 6) is 1.23. The van der Waals surface area contributed by atoms with Gasteiger partial charge in [-0.15, -0.1) is 12.4 Å². The second-order valence-electron chi connectivity index (χ2n) is 2.81.